The first kappa shape index (κ1) is 23.3. The molecule has 33 heavy (non-hydrogen) atoms. The van der Waals surface area contributed by atoms with Crippen LogP contribution in [0.3, 0.4) is 0 Å². The molecule has 0 atom stereocenters. The fraction of sp³-hybridized carbons (Fsp3) is 0.360. The van der Waals surface area contributed by atoms with E-state index in [2.05, 4.69) is 4.90 Å². The molecule has 1 saturated heterocycles. The Morgan fingerprint density at radius 1 is 1.09 bits per heavy atom. The number of amides is 1. The molecule has 0 N–H and O–H groups in total. The van der Waals surface area contributed by atoms with Crippen LogP contribution in [0.25, 0.3) is 0 Å². The van der Waals surface area contributed by atoms with Gasteiger partial charge in [-0.1, -0.05) is 41.9 Å². The minimum Gasteiger partial charge on any atom is -0.489 e. The van der Waals surface area contributed by atoms with Crippen LogP contribution in [0.2, 0.25) is 5.02 Å². The van der Waals surface area contributed by atoms with E-state index in [-0.39, 0.29) is 5.91 Å². The molecule has 1 aromatic heterocycles. The molecule has 0 saturated carbocycles. The number of carbonyl (C=O) groups is 1. The fourth-order valence-electron chi connectivity index (χ4n) is 3.87. The van der Waals surface area contributed by atoms with Crippen LogP contribution in [0.5, 0.6) is 5.75 Å². The maximum absolute atomic E-state index is 12.7. The summed E-state index contributed by atoms with van der Waals surface area (Å²) < 4.78 is 13.1. The number of aryl methyl sites for hydroxylation is 1. The van der Waals surface area contributed by atoms with Gasteiger partial charge in [-0.3, -0.25) is 19.3 Å². The molecule has 1 amide bonds. The molecule has 0 bridgehead atoms. The van der Waals surface area contributed by atoms with Crippen LogP contribution in [0.15, 0.2) is 54.6 Å². The van der Waals surface area contributed by atoms with Gasteiger partial charge in [0, 0.05) is 49.1 Å². The average molecular weight is 469 g/mol. The Morgan fingerprint density at radius 2 is 1.91 bits per heavy atom. The molecule has 7 nitrogen and oxygen atoms in total. The topological polar surface area (TPSA) is 59.8 Å². The first-order valence-corrected chi connectivity index (χ1v) is 11.4. The number of rotatable bonds is 9. The van der Waals surface area contributed by atoms with Crippen LogP contribution in [-0.2, 0) is 22.7 Å². The Balaban J connectivity index is 1.47. The summed E-state index contributed by atoms with van der Waals surface area (Å²) >= 11 is 6.28. The van der Waals surface area contributed by atoms with E-state index in [9.17, 15) is 4.79 Å². The predicted molar refractivity (Wildman–Crippen MR) is 129 cm³/mol. The van der Waals surface area contributed by atoms with Crippen LogP contribution in [0, 0.1) is 6.92 Å². The minimum absolute atomic E-state index is 0.0524. The molecule has 0 aliphatic carbocycles. The van der Waals surface area contributed by atoms with Crippen molar-refractivity contribution < 1.29 is 14.3 Å². The zero-order valence-corrected chi connectivity index (χ0v) is 19.8. The summed E-state index contributed by atoms with van der Waals surface area (Å²) in [7, 11) is 1.67. The van der Waals surface area contributed by atoms with Crippen molar-refractivity contribution in [1.82, 2.24) is 14.7 Å². The van der Waals surface area contributed by atoms with E-state index >= 15 is 0 Å². The highest BCUT2D eigenvalue weighted by Crippen LogP contribution is 2.26. The summed E-state index contributed by atoms with van der Waals surface area (Å²) in [4.78, 5) is 16.6. The Kier molecular flexibility index (Phi) is 7.65. The van der Waals surface area contributed by atoms with Gasteiger partial charge in [0.15, 0.2) is 5.82 Å². The minimum atomic E-state index is 0.0524. The van der Waals surface area contributed by atoms with Crippen molar-refractivity contribution in [2.45, 2.75) is 20.1 Å². The molecule has 2 aromatic carbocycles. The third kappa shape index (κ3) is 5.93. The second kappa shape index (κ2) is 10.8. The van der Waals surface area contributed by atoms with E-state index < -0.39 is 0 Å². The molecule has 3 aromatic rings. The molecule has 8 heteroatoms. The number of hydrogen-bond acceptors (Lipinski definition) is 5. The molecule has 0 radical (unpaired) electrons. The van der Waals surface area contributed by atoms with Gasteiger partial charge < -0.3 is 9.47 Å². The second-order valence-corrected chi connectivity index (χ2v) is 8.58. The zero-order valence-electron chi connectivity index (χ0n) is 19.0. The first-order chi connectivity index (χ1) is 16.0. The molecule has 0 unspecified atom stereocenters. The van der Waals surface area contributed by atoms with Crippen LogP contribution < -0.4 is 9.64 Å². The summed E-state index contributed by atoms with van der Waals surface area (Å²) in [6.45, 7) is 6.12. The van der Waals surface area contributed by atoms with Crippen molar-refractivity contribution in [2.24, 2.45) is 0 Å². The number of halogens is 1. The van der Waals surface area contributed by atoms with Crippen LogP contribution in [0.1, 0.15) is 16.8 Å². The highest BCUT2D eigenvalue weighted by molar-refractivity contribution is 6.30. The number of benzene rings is 2. The van der Waals surface area contributed by atoms with Gasteiger partial charge in [-0.2, -0.15) is 5.10 Å². The number of piperazine rings is 1. The molecular weight excluding hydrogens is 440 g/mol. The van der Waals surface area contributed by atoms with Gasteiger partial charge in [-0.05, 0) is 30.7 Å². The molecule has 174 valence electrons. The largest absolute Gasteiger partial charge is 0.489 e. The van der Waals surface area contributed by atoms with E-state index in [0.29, 0.717) is 43.7 Å². The van der Waals surface area contributed by atoms with Gasteiger partial charge in [0.2, 0.25) is 5.91 Å². The molecule has 1 aliphatic heterocycles. The summed E-state index contributed by atoms with van der Waals surface area (Å²) in [6.07, 6.45) is 0. The number of methoxy groups -OCH3 is 1. The summed E-state index contributed by atoms with van der Waals surface area (Å²) in [5.74, 6) is 1.50. The lowest BCUT2D eigenvalue weighted by Crippen LogP contribution is -2.51. The highest BCUT2D eigenvalue weighted by atomic mass is 35.5. The third-order valence-electron chi connectivity index (χ3n) is 5.74. The van der Waals surface area contributed by atoms with Gasteiger partial charge in [-0.15, -0.1) is 0 Å². The van der Waals surface area contributed by atoms with Gasteiger partial charge in [0.05, 0.1) is 19.7 Å². The smallest absolute Gasteiger partial charge is 0.242 e. The van der Waals surface area contributed by atoms with Gasteiger partial charge >= 0.3 is 0 Å². The van der Waals surface area contributed by atoms with E-state index in [4.69, 9.17) is 26.2 Å². The SMILES string of the molecule is COCCN1CCN(c2cc(C)n(Cc3cc(Cl)ccc3OCc3ccccc3)n2)C(=O)C1. The standard InChI is InChI=1S/C25H29ClN4O3/c1-19-14-24(29-11-10-28(12-13-32-2)17-25(29)31)27-30(19)16-21-15-22(26)8-9-23(21)33-18-20-6-4-3-5-7-20/h3-9,14-15H,10-13,16-18H2,1-2H3. The fourth-order valence-corrected chi connectivity index (χ4v) is 4.06. The number of hydrogen-bond donors (Lipinski definition) is 0. The summed E-state index contributed by atoms with van der Waals surface area (Å²) in [5.41, 5.74) is 3.00. The molecular formula is C25H29ClN4O3. The molecule has 0 spiro atoms. The highest BCUT2D eigenvalue weighted by Gasteiger charge is 2.27. The van der Waals surface area contributed by atoms with Gasteiger partial charge in [0.1, 0.15) is 12.4 Å². The maximum Gasteiger partial charge on any atom is 0.242 e. The van der Waals surface area contributed by atoms with Crippen LogP contribution >= 0.6 is 11.6 Å². The lowest BCUT2D eigenvalue weighted by molar-refractivity contribution is -0.121. The normalized spacial score (nSPS) is 14.6. The molecule has 1 fully saturated rings. The number of carbonyl (C=O) groups excluding carboxylic acids is 1. The van der Waals surface area contributed by atoms with E-state index in [1.54, 1.807) is 12.0 Å². The van der Waals surface area contributed by atoms with E-state index in [1.807, 2.05) is 66.2 Å². The van der Waals surface area contributed by atoms with Crippen molar-refractivity contribution in [3.63, 3.8) is 0 Å². The molecule has 1 aliphatic rings. The monoisotopic (exact) mass is 468 g/mol. The summed E-state index contributed by atoms with van der Waals surface area (Å²) in [6, 6.07) is 17.6. The van der Waals surface area contributed by atoms with Crippen LogP contribution in [-0.4, -0.2) is 60.5 Å². The molecule has 2 heterocycles. The van der Waals surface area contributed by atoms with Crippen molar-refractivity contribution in [2.75, 3.05) is 44.8 Å². The van der Waals surface area contributed by atoms with Crippen molar-refractivity contribution in [1.29, 1.82) is 0 Å². The van der Waals surface area contributed by atoms with Gasteiger partial charge in [-0.25, -0.2) is 0 Å². The Labute approximate surface area is 199 Å². The predicted octanol–water partition coefficient (Wildman–Crippen LogP) is 3.77. The average Bonchev–Trinajstić information content (AvgIpc) is 3.17. The zero-order chi connectivity index (χ0) is 23.2. The van der Waals surface area contributed by atoms with Crippen molar-refractivity contribution in [3.8, 4) is 5.75 Å². The number of aromatic nitrogens is 2. The quantitative estimate of drug-likeness (QED) is 0.478. The molecule has 4 rings (SSSR count). The maximum atomic E-state index is 12.7. The lowest BCUT2D eigenvalue weighted by Gasteiger charge is -2.32. The Bertz CT molecular complexity index is 1090. The van der Waals surface area contributed by atoms with E-state index in [1.165, 1.54) is 0 Å². The first-order valence-electron chi connectivity index (χ1n) is 11.0. The lowest BCUT2D eigenvalue weighted by atomic mass is 10.2. The Hall–Kier alpha value is -2.87. The van der Waals surface area contributed by atoms with E-state index in [0.717, 1.165) is 35.7 Å². The number of ether oxygens (including phenoxy) is 2. The second-order valence-electron chi connectivity index (χ2n) is 8.14. The Morgan fingerprint density at radius 3 is 2.67 bits per heavy atom. The number of anilines is 1. The summed E-state index contributed by atoms with van der Waals surface area (Å²) in [5, 5.41) is 5.38. The number of nitrogens with zero attached hydrogens (tertiary/aromatic N) is 4. The van der Waals surface area contributed by atoms with Crippen LogP contribution in [0.4, 0.5) is 5.82 Å². The van der Waals surface area contributed by atoms with Crippen molar-refractivity contribution >= 4 is 23.3 Å². The van der Waals surface area contributed by atoms with Gasteiger partial charge in [0.25, 0.3) is 0 Å². The van der Waals surface area contributed by atoms with Crippen molar-refractivity contribution in [3.05, 3.63) is 76.4 Å². The third-order valence-corrected chi connectivity index (χ3v) is 5.97.